The van der Waals surface area contributed by atoms with Crippen LogP contribution in [0.25, 0.3) is 0 Å². The highest BCUT2D eigenvalue weighted by molar-refractivity contribution is 7.16. The molecule has 2 aromatic rings. The van der Waals surface area contributed by atoms with Crippen molar-refractivity contribution < 1.29 is 27.6 Å². The summed E-state index contributed by atoms with van der Waals surface area (Å²) in [6.45, 7) is -0.343. The minimum atomic E-state index is -4.87. The van der Waals surface area contributed by atoms with Crippen LogP contribution in [0.5, 0.6) is 0 Å². The topological polar surface area (TPSA) is 79.8 Å². The van der Waals surface area contributed by atoms with Crippen molar-refractivity contribution in [2.45, 2.75) is 43.9 Å². The number of terminal acetylenes is 1. The van der Waals surface area contributed by atoms with Crippen LogP contribution in [0, 0.1) is 12.5 Å². The Labute approximate surface area is 223 Å². The Balaban J connectivity index is 1.69. The summed E-state index contributed by atoms with van der Waals surface area (Å²) in [6.07, 6.45) is 2.26. The number of amides is 2. The minimum absolute atomic E-state index is 0.0572. The molecule has 0 saturated heterocycles. The van der Waals surface area contributed by atoms with Crippen LogP contribution in [0.1, 0.15) is 50.5 Å². The summed E-state index contributed by atoms with van der Waals surface area (Å²) >= 11 is 19.0. The van der Waals surface area contributed by atoms with Crippen LogP contribution in [0.2, 0.25) is 15.1 Å². The predicted octanol–water partition coefficient (Wildman–Crippen LogP) is 5.61. The third-order valence-electron chi connectivity index (χ3n) is 5.95. The number of nitrogens with one attached hydrogen (secondary N) is 2. The number of thiophene rings is 1. The largest absolute Gasteiger partial charge is 0.435 e. The van der Waals surface area contributed by atoms with Crippen molar-refractivity contribution in [2.75, 3.05) is 6.54 Å². The van der Waals surface area contributed by atoms with E-state index in [1.54, 1.807) is 0 Å². The van der Waals surface area contributed by atoms with Gasteiger partial charge in [-0.2, -0.15) is 13.2 Å². The standard InChI is InChI=1S/C23H17Cl3F3N3O3S/c1-2-30-17(33)10-31-21(34)20-13-6-4-3-5-12(13)19(36-20)16-9-22(35-32-16,23(27,28)29)11-7-14(24)18(26)15(25)8-11/h1,7-8H,3-6,9-10H2,(H,30,33)(H,31,34)/t22-/m0/s1. The minimum Gasteiger partial charge on any atom is -0.374 e. The first-order chi connectivity index (χ1) is 17.0. The van der Waals surface area contributed by atoms with E-state index in [0.29, 0.717) is 22.6 Å². The smallest absolute Gasteiger partial charge is 0.374 e. The van der Waals surface area contributed by atoms with E-state index in [2.05, 4.69) is 15.8 Å². The van der Waals surface area contributed by atoms with Crippen LogP contribution >= 0.6 is 46.1 Å². The second-order valence-corrected chi connectivity index (χ2v) is 10.4. The van der Waals surface area contributed by atoms with Crippen molar-refractivity contribution in [1.29, 1.82) is 0 Å². The molecule has 4 rings (SSSR count). The Morgan fingerprint density at radius 2 is 1.81 bits per heavy atom. The summed E-state index contributed by atoms with van der Waals surface area (Å²) in [6, 6.07) is 4.09. The van der Waals surface area contributed by atoms with Gasteiger partial charge in [0.15, 0.2) is 0 Å². The van der Waals surface area contributed by atoms with Gasteiger partial charge in [-0.15, -0.1) is 11.3 Å². The molecule has 0 saturated carbocycles. The zero-order chi connectivity index (χ0) is 26.3. The van der Waals surface area contributed by atoms with E-state index < -0.39 is 30.0 Å². The van der Waals surface area contributed by atoms with Crippen LogP contribution in [0.4, 0.5) is 13.2 Å². The molecule has 1 aliphatic carbocycles. The normalized spacial score (nSPS) is 19.1. The number of benzene rings is 1. The van der Waals surface area contributed by atoms with E-state index in [4.69, 9.17) is 46.1 Å². The Bertz CT molecular complexity index is 1300. The number of oxime groups is 1. The number of hydrogen-bond donors (Lipinski definition) is 2. The highest BCUT2D eigenvalue weighted by atomic mass is 35.5. The van der Waals surface area contributed by atoms with Crippen molar-refractivity contribution in [3.63, 3.8) is 0 Å². The molecular formula is C23H17Cl3F3N3O3S. The van der Waals surface area contributed by atoms with Gasteiger partial charge in [0.1, 0.15) is 5.71 Å². The van der Waals surface area contributed by atoms with Crippen molar-refractivity contribution >= 4 is 63.7 Å². The summed E-state index contributed by atoms with van der Waals surface area (Å²) in [5, 5.41) is 8.07. The highest BCUT2D eigenvalue weighted by Gasteiger charge is 2.62. The first kappa shape index (κ1) is 26.6. The molecule has 0 radical (unpaired) electrons. The molecular weight excluding hydrogens is 562 g/mol. The van der Waals surface area contributed by atoms with E-state index in [1.165, 1.54) is 0 Å². The first-order valence-corrected chi connectivity index (χ1v) is 12.6. The number of nitrogens with zero attached hydrogens (tertiary/aromatic N) is 1. The molecule has 2 heterocycles. The summed E-state index contributed by atoms with van der Waals surface area (Å²) in [5.74, 6) is -1.09. The molecule has 1 aromatic carbocycles. The van der Waals surface area contributed by atoms with Crippen LogP contribution in [-0.4, -0.2) is 30.2 Å². The van der Waals surface area contributed by atoms with E-state index >= 15 is 0 Å². The predicted molar refractivity (Wildman–Crippen MR) is 132 cm³/mol. The fourth-order valence-corrected chi connectivity index (χ4v) is 6.12. The van der Waals surface area contributed by atoms with Gasteiger partial charge in [-0.1, -0.05) is 46.4 Å². The zero-order valence-electron chi connectivity index (χ0n) is 18.3. The van der Waals surface area contributed by atoms with Gasteiger partial charge in [-0.3, -0.25) is 14.9 Å². The van der Waals surface area contributed by atoms with Crippen LogP contribution in [0.15, 0.2) is 17.3 Å². The van der Waals surface area contributed by atoms with Crippen molar-refractivity contribution in [2.24, 2.45) is 5.16 Å². The number of carbonyl (C=O) groups excluding carboxylic acids is 2. The molecule has 0 spiro atoms. The molecule has 2 N–H and O–H groups in total. The van der Waals surface area contributed by atoms with Gasteiger partial charge < -0.3 is 10.2 Å². The van der Waals surface area contributed by atoms with Crippen LogP contribution in [-0.2, 0) is 28.1 Å². The molecule has 0 fully saturated rings. The monoisotopic (exact) mass is 577 g/mol. The average Bonchev–Trinajstić information content (AvgIpc) is 3.44. The molecule has 0 unspecified atom stereocenters. The van der Waals surface area contributed by atoms with Crippen molar-refractivity contribution in [1.82, 2.24) is 10.6 Å². The van der Waals surface area contributed by atoms with Crippen LogP contribution in [0.3, 0.4) is 0 Å². The third kappa shape index (κ3) is 4.77. The maximum Gasteiger partial charge on any atom is 0.435 e. The van der Waals surface area contributed by atoms with Gasteiger partial charge in [-0.25, -0.2) is 0 Å². The number of alkyl halides is 3. The SMILES string of the molecule is C#CNC(=O)CNC(=O)c1sc(C2=NO[C@@](c3cc(Cl)c(Cl)c(Cl)c3)(C(F)(F)F)C2)c2c1CCCC2. The fourth-order valence-electron chi connectivity index (χ4n) is 4.23. The maximum atomic E-state index is 14.4. The highest BCUT2D eigenvalue weighted by Crippen LogP contribution is 2.51. The number of carbonyl (C=O) groups is 2. The third-order valence-corrected chi connectivity index (χ3v) is 8.46. The summed E-state index contributed by atoms with van der Waals surface area (Å²) < 4.78 is 43.3. The van der Waals surface area contributed by atoms with Crippen LogP contribution < -0.4 is 10.6 Å². The van der Waals surface area contributed by atoms with Crippen molar-refractivity contribution in [3.8, 4) is 12.5 Å². The van der Waals surface area contributed by atoms with Gasteiger partial charge in [0.2, 0.25) is 0 Å². The molecule has 0 bridgehead atoms. The van der Waals surface area contributed by atoms with E-state index in [1.807, 2.05) is 6.04 Å². The number of halogens is 6. The molecule has 190 valence electrons. The number of rotatable bonds is 5. The van der Waals surface area contributed by atoms with Crippen molar-refractivity contribution in [3.05, 3.63) is 53.6 Å². The average molecular weight is 579 g/mol. The lowest BCUT2D eigenvalue weighted by molar-refractivity contribution is -0.275. The number of hydrogen-bond acceptors (Lipinski definition) is 5. The molecule has 2 amide bonds. The van der Waals surface area contributed by atoms with Gasteiger partial charge in [0, 0.05) is 11.6 Å². The van der Waals surface area contributed by atoms with Gasteiger partial charge in [0.05, 0.1) is 37.8 Å². The second kappa shape index (κ2) is 10.1. The summed E-state index contributed by atoms with van der Waals surface area (Å²) in [7, 11) is 0. The maximum absolute atomic E-state index is 14.4. The Morgan fingerprint density at radius 3 is 2.42 bits per heavy atom. The van der Waals surface area contributed by atoms with E-state index in [0.717, 1.165) is 47.4 Å². The molecule has 6 nitrogen and oxygen atoms in total. The molecule has 1 aliphatic heterocycles. The number of fused-ring (bicyclic) bond motifs is 1. The van der Waals surface area contributed by atoms with Gasteiger partial charge in [-0.05, 0) is 48.9 Å². The lowest BCUT2D eigenvalue weighted by atomic mass is 9.85. The lowest BCUT2D eigenvalue weighted by Gasteiger charge is -2.30. The molecule has 1 aromatic heterocycles. The van der Waals surface area contributed by atoms with Gasteiger partial charge >= 0.3 is 6.18 Å². The molecule has 1 atom stereocenters. The summed E-state index contributed by atoms with van der Waals surface area (Å²) in [5.41, 5.74) is -1.61. The molecule has 2 aliphatic rings. The second-order valence-electron chi connectivity index (χ2n) is 8.18. The van der Waals surface area contributed by atoms with E-state index in [9.17, 15) is 22.8 Å². The quantitative estimate of drug-likeness (QED) is 0.275. The summed E-state index contributed by atoms with van der Waals surface area (Å²) in [4.78, 5) is 30.3. The Hall–Kier alpha value is -2.45. The zero-order valence-corrected chi connectivity index (χ0v) is 21.4. The van der Waals surface area contributed by atoms with E-state index in [-0.39, 0.29) is 32.9 Å². The van der Waals surface area contributed by atoms with Gasteiger partial charge in [0.25, 0.3) is 17.4 Å². The molecule has 13 heteroatoms. The Morgan fingerprint density at radius 1 is 1.17 bits per heavy atom. The lowest BCUT2D eigenvalue weighted by Crippen LogP contribution is -2.42. The Kier molecular flexibility index (Phi) is 7.49. The molecule has 36 heavy (non-hydrogen) atoms. The first-order valence-electron chi connectivity index (χ1n) is 10.6. The fraction of sp³-hybridized carbons (Fsp3) is 0.348.